The van der Waals surface area contributed by atoms with Crippen molar-refractivity contribution in [2.75, 3.05) is 19.6 Å². The second-order valence-electron chi connectivity index (χ2n) is 13.5. The Kier molecular flexibility index (Phi) is 13.1. The number of anilines is 4. The molecule has 264 valence electrons. The van der Waals surface area contributed by atoms with Crippen LogP contribution in [0, 0.1) is 96.4 Å². The zero-order chi connectivity index (χ0) is 36.2. The van der Waals surface area contributed by atoms with Gasteiger partial charge in [-0.3, -0.25) is 0 Å². The molecule has 0 aromatic heterocycles. The Labute approximate surface area is 312 Å². The third-order valence-corrected chi connectivity index (χ3v) is 8.85. The van der Waals surface area contributed by atoms with Crippen LogP contribution in [0.1, 0.15) is 66.8 Å². The normalized spacial score (nSPS) is 13.6. The standard InChI is InChI=1S/2C21H25N2.2ClH.Pd/c2*1-14-9-16(3)20(17(4)10-14)22-7-8-23(13-22)21-18(5)11-15(2)12-19(21)6;;;/h2*7-13H,1-6H3;2*1H;/q2*-1;;;+2/p-2. The van der Waals surface area contributed by atoms with Gasteiger partial charge in [-0.2, -0.15) is 0 Å². The summed E-state index contributed by atoms with van der Waals surface area (Å²) in [4.78, 5) is 8.90. The summed E-state index contributed by atoms with van der Waals surface area (Å²) in [5, 5.41) is 0. The van der Waals surface area contributed by atoms with Gasteiger partial charge in [0.2, 0.25) is 0 Å². The van der Waals surface area contributed by atoms with Crippen LogP contribution >= 0.6 is 19.1 Å². The monoisotopic (exact) mass is 786 g/mol. The van der Waals surface area contributed by atoms with E-state index in [2.05, 4.69) is 189 Å². The van der Waals surface area contributed by atoms with Gasteiger partial charge in [-0.15, -0.1) is 13.3 Å². The third-order valence-electron chi connectivity index (χ3n) is 8.85. The number of rotatable bonds is 4. The van der Waals surface area contributed by atoms with Crippen molar-refractivity contribution in [3.63, 3.8) is 0 Å². The van der Waals surface area contributed by atoms with Crippen LogP contribution in [0.2, 0.25) is 0 Å². The van der Waals surface area contributed by atoms with Gasteiger partial charge in [-0.25, -0.2) is 0 Å². The van der Waals surface area contributed by atoms with Gasteiger partial charge in [0, 0.05) is 22.7 Å². The van der Waals surface area contributed by atoms with Crippen LogP contribution < -0.4 is 19.6 Å². The summed E-state index contributed by atoms with van der Waals surface area (Å²) in [6.07, 6.45) is 8.57. The van der Waals surface area contributed by atoms with E-state index in [1.165, 1.54) is 89.5 Å². The molecule has 4 aromatic carbocycles. The predicted octanol–water partition coefficient (Wildman–Crippen LogP) is 12.3. The van der Waals surface area contributed by atoms with Gasteiger partial charge in [0.05, 0.1) is 0 Å². The van der Waals surface area contributed by atoms with E-state index in [1.807, 2.05) is 0 Å². The first-order valence-electron chi connectivity index (χ1n) is 16.5. The summed E-state index contributed by atoms with van der Waals surface area (Å²) >= 11 is -0.106. The van der Waals surface area contributed by atoms with Crippen LogP contribution in [0.4, 0.5) is 22.7 Å². The molecule has 2 heterocycles. The van der Waals surface area contributed by atoms with Gasteiger partial charge in [0.25, 0.3) is 0 Å². The Morgan fingerprint density at radius 1 is 0.347 bits per heavy atom. The molecule has 0 saturated heterocycles. The predicted molar refractivity (Wildman–Crippen MR) is 211 cm³/mol. The van der Waals surface area contributed by atoms with E-state index in [1.54, 1.807) is 0 Å². The van der Waals surface area contributed by atoms with Gasteiger partial charge in [0.1, 0.15) is 0 Å². The summed E-state index contributed by atoms with van der Waals surface area (Å²) in [6, 6.07) is 18.0. The van der Waals surface area contributed by atoms with Crippen molar-refractivity contribution in [3.05, 3.63) is 153 Å². The Balaban J connectivity index is 0.000000205. The molecule has 6 rings (SSSR count). The zero-order valence-corrected chi connectivity index (χ0v) is 34.0. The van der Waals surface area contributed by atoms with Crippen LogP contribution in [0.3, 0.4) is 0 Å². The van der Waals surface area contributed by atoms with Crippen LogP contribution in [-0.2, 0) is 15.9 Å². The molecule has 0 saturated carbocycles. The van der Waals surface area contributed by atoms with E-state index in [0.717, 1.165) is 0 Å². The van der Waals surface area contributed by atoms with Crippen LogP contribution in [-0.4, -0.2) is 0 Å². The Morgan fingerprint density at radius 3 is 0.633 bits per heavy atom. The zero-order valence-electron chi connectivity index (χ0n) is 30.9. The van der Waals surface area contributed by atoms with Crippen molar-refractivity contribution in [3.8, 4) is 0 Å². The number of hydrogen-bond donors (Lipinski definition) is 0. The topological polar surface area (TPSA) is 13.0 Å². The second-order valence-corrected chi connectivity index (χ2v) is 15.9. The van der Waals surface area contributed by atoms with Gasteiger partial charge >= 0.3 is 35.0 Å². The fourth-order valence-electron chi connectivity index (χ4n) is 7.56. The molecule has 0 N–H and O–H groups in total. The fraction of sp³-hybridized carbons (Fsp3) is 0.286. The Hall–Kier alpha value is -3.20. The van der Waals surface area contributed by atoms with E-state index in [-0.39, 0.29) is 15.9 Å². The van der Waals surface area contributed by atoms with Crippen molar-refractivity contribution >= 4 is 41.8 Å². The fourth-order valence-corrected chi connectivity index (χ4v) is 7.56. The minimum absolute atomic E-state index is 0.106. The molecule has 7 heteroatoms. The van der Waals surface area contributed by atoms with Crippen LogP contribution in [0.25, 0.3) is 0 Å². The van der Waals surface area contributed by atoms with Crippen LogP contribution in [0.15, 0.2) is 73.3 Å². The average Bonchev–Trinajstić information content (AvgIpc) is 3.62. The molecule has 2 aliphatic rings. The minimum atomic E-state index is -0.106. The molecule has 0 aliphatic carbocycles. The molecule has 49 heavy (non-hydrogen) atoms. The number of halogens is 2. The van der Waals surface area contributed by atoms with E-state index < -0.39 is 0 Å². The second kappa shape index (κ2) is 16.7. The summed E-state index contributed by atoms with van der Waals surface area (Å²) in [6.45, 7) is 30.4. The first-order valence-corrected chi connectivity index (χ1v) is 20.5. The first kappa shape index (κ1) is 38.6. The average molecular weight is 788 g/mol. The first-order chi connectivity index (χ1) is 23.1. The molecule has 4 nitrogen and oxygen atoms in total. The summed E-state index contributed by atoms with van der Waals surface area (Å²) < 4.78 is 0. The maximum absolute atomic E-state index is 4.81. The molecule has 0 radical (unpaired) electrons. The maximum atomic E-state index is 4.81. The van der Waals surface area contributed by atoms with E-state index >= 15 is 0 Å². The van der Waals surface area contributed by atoms with Crippen molar-refractivity contribution < 1.29 is 15.9 Å². The third kappa shape index (κ3) is 9.13. The Morgan fingerprint density at radius 2 is 0.490 bits per heavy atom. The van der Waals surface area contributed by atoms with Crippen molar-refractivity contribution in [1.82, 2.24) is 0 Å². The van der Waals surface area contributed by atoms with Gasteiger partial charge in [-0.05, 0) is 152 Å². The molecule has 4 aromatic rings. The summed E-state index contributed by atoms with van der Waals surface area (Å²) in [5.41, 5.74) is 20.8. The Bertz CT molecular complexity index is 1520. The molecule has 0 fully saturated rings. The number of hydrogen-bond acceptors (Lipinski definition) is 4. The summed E-state index contributed by atoms with van der Waals surface area (Å²) in [5.74, 6) is 0. The van der Waals surface area contributed by atoms with Crippen molar-refractivity contribution in [2.45, 2.75) is 83.1 Å². The molecule has 0 bridgehead atoms. The number of aryl methyl sites for hydroxylation is 12. The van der Waals surface area contributed by atoms with Crippen molar-refractivity contribution in [1.29, 1.82) is 0 Å². The van der Waals surface area contributed by atoms with Gasteiger partial charge in [-0.1, -0.05) is 70.8 Å². The van der Waals surface area contributed by atoms with Crippen LogP contribution in [0.5, 0.6) is 0 Å². The molecule has 0 amide bonds. The number of benzene rings is 4. The van der Waals surface area contributed by atoms with Crippen molar-refractivity contribution in [2.24, 2.45) is 0 Å². The van der Waals surface area contributed by atoms with E-state index in [0.29, 0.717) is 0 Å². The molecular formula is C42H50Cl2N4Pd-2. The molecule has 0 spiro atoms. The molecule has 0 unspecified atom stereocenters. The molecular weight excluding hydrogens is 738 g/mol. The SMILES string of the molecule is Cc1cc(C)c(N2C=CN(c3c(C)cc(C)cc3C)[CH-]2)c(C)c1.Cc1cc(C)c(N2C=CN(c3c(C)cc(C)cc3C)[CH-]2)c(C)c1.[Cl][Pd][Cl]. The van der Waals surface area contributed by atoms with E-state index in [9.17, 15) is 0 Å². The summed E-state index contributed by atoms with van der Waals surface area (Å²) in [7, 11) is 9.63. The number of nitrogens with zero attached hydrogens (tertiary/aromatic N) is 4. The quantitative estimate of drug-likeness (QED) is 0.151. The van der Waals surface area contributed by atoms with E-state index in [4.69, 9.17) is 19.1 Å². The molecule has 2 aliphatic heterocycles. The molecule has 0 atom stereocenters. The van der Waals surface area contributed by atoms with Gasteiger partial charge in [0.15, 0.2) is 0 Å². The van der Waals surface area contributed by atoms with Gasteiger partial charge < -0.3 is 19.6 Å².